The van der Waals surface area contributed by atoms with E-state index in [2.05, 4.69) is 34.1 Å². The third-order valence-electron chi connectivity index (χ3n) is 3.44. The molecular weight excluding hydrogens is 264 g/mol. The van der Waals surface area contributed by atoms with Gasteiger partial charge in [-0.3, -0.25) is 0 Å². The lowest BCUT2D eigenvalue weighted by Gasteiger charge is -2.19. The zero-order chi connectivity index (χ0) is 11.4. The Morgan fingerprint density at radius 3 is 2.75 bits per heavy atom. The average Bonchev–Trinajstić information content (AvgIpc) is 2.54. The van der Waals surface area contributed by atoms with Crippen LogP contribution < -0.4 is 4.74 Å². The Labute approximate surface area is 106 Å². The van der Waals surface area contributed by atoms with Gasteiger partial charge >= 0.3 is 0 Å². The molecule has 1 aromatic carbocycles. The molecule has 2 atom stereocenters. The summed E-state index contributed by atoms with van der Waals surface area (Å²) in [6.45, 7) is 0. The van der Waals surface area contributed by atoms with Crippen molar-refractivity contribution >= 4 is 15.9 Å². The monoisotopic (exact) mass is 282 g/mol. The number of rotatable bonds is 2. The topological polar surface area (TPSA) is 9.23 Å². The lowest BCUT2D eigenvalue weighted by molar-refractivity contribution is 0.402. The molecule has 16 heavy (non-hydrogen) atoms. The molecule has 0 bridgehead atoms. The molecule has 0 aliphatic heterocycles. The molecule has 1 aliphatic rings. The Hall–Kier alpha value is -0.500. The van der Waals surface area contributed by atoms with E-state index in [4.69, 9.17) is 4.74 Å². The summed E-state index contributed by atoms with van der Waals surface area (Å²) < 4.78 is 5.46. The lowest BCUT2D eigenvalue weighted by atomic mass is 9.91. The Morgan fingerprint density at radius 1 is 1.19 bits per heavy atom. The molecule has 0 aromatic heterocycles. The lowest BCUT2D eigenvalue weighted by Crippen LogP contribution is -2.05. The first-order valence-electron chi connectivity index (χ1n) is 6.08. The second-order valence-corrected chi connectivity index (χ2v) is 5.85. The van der Waals surface area contributed by atoms with Crippen LogP contribution in [0.1, 0.15) is 43.6 Å². The quantitative estimate of drug-likeness (QED) is 0.573. The number of alkyl halides is 1. The number of para-hydroxylation sites is 1. The number of methoxy groups -OCH3 is 1. The van der Waals surface area contributed by atoms with Gasteiger partial charge in [-0.2, -0.15) is 0 Å². The highest BCUT2D eigenvalue weighted by atomic mass is 79.9. The number of benzene rings is 1. The maximum absolute atomic E-state index is 5.46. The zero-order valence-electron chi connectivity index (χ0n) is 9.79. The van der Waals surface area contributed by atoms with Crippen LogP contribution in [0, 0.1) is 0 Å². The van der Waals surface area contributed by atoms with E-state index in [9.17, 15) is 0 Å². The van der Waals surface area contributed by atoms with Crippen molar-refractivity contribution < 1.29 is 4.74 Å². The van der Waals surface area contributed by atoms with Gasteiger partial charge in [0.05, 0.1) is 7.11 Å². The molecule has 2 heteroatoms. The predicted molar refractivity (Wildman–Crippen MR) is 71.5 cm³/mol. The van der Waals surface area contributed by atoms with Crippen LogP contribution in [0.25, 0.3) is 0 Å². The van der Waals surface area contributed by atoms with Gasteiger partial charge < -0.3 is 4.74 Å². The molecule has 1 nitrogen and oxygen atoms in total. The summed E-state index contributed by atoms with van der Waals surface area (Å²) in [5.74, 6) is 1.71. The van der Waals surface area contributed by atoms with Gasteiger partial charge in [-0.15, -0.1) is 0 Å². The first kappa shape index (κ1) is 12.0. The standard InChI is InChI=1S/C14H19BrO/c1-16-14-9-5-4-8-13(14)11-6-2-3-7-12(15)10-11/h4-5,8-9,11-12H,2-3,6-7,10H2,1H3. The fourth-order valence-corrected chi connectivity index (χ4v) is 3.36. The Bertz CT molecular complexity index is 337. The van der Waals surface area contributed by atoms with Crippen LogP contribution in [0.3, 0.4) is 0 Å². The van der Waals surface area contributed by atoms with E-state index in [1.54, 1.807) is 7.11 Å². The normalized spacial score (nSPS) is 26.1. The first-order chi connectivity index (χ1) is 7.81. The predicted octanol–water partition coefficient (Wildman–Crippen LogP) is 4.51. The van der Waals surface area contributed by atoms with Crippen molar-refractivity contribution in [1.82, 2.24) is 0 Å². The molecule has 0 spiro atoms. The molecule has 2 rings (SSSR count). The fraction of sp³-hybridized carbons (Fsp3) is 0.571. The second kappa shape index (κ2) is 5.72. The highest BCUT2D eigenvalue weighted by molar-refractivity contribution is 9.09. The molecule has 0 N–H and O–H groups in total. The summed E-state index contributed by atoms with van der Waals surface area (Å²) in [7, 11) is 1.77. The minimum Gasteiger partial charge on any atom is -0.496 e. The Morgan fingerprint density at radius 2 is 1.94 bits per heavy atom. The van der Waals surface area contributed by atoms with Gasteiger partial charge in [-0.25, -0.2) is 0 Å². The van der Waals surface area contributed by atoms with E-state index < -0.39 is 0 Å². The van der Waals surface area contributed by atoms with E-state index in [0.717, 1.165) is 5.75 Å². The van der Waals surface area contributed by atoms with Crippen LogP contribution in [0.15, 0.2) is 24.3 Å². The highest BCUT2D eigenvalue weighted by Gasteiger charge is 2.21. The summed E-state index contributed by atoms with van der Waals surface area (Å²) in [5.41, 5.74) is 1.39. The molecule has 2 unspecified atom stereocenters. The van der Waals surface area contributed by atoms with Gasteiger partial charge in [0, 0.05) is 4.83 Å². The third-order valence-corrected chi connectivity index (χ3v) is 4.27. The molecule has 1 saturated carbocycles. The Kier molecular flexibility index (Phi) is 4.28. The zero-order valence-corrected chi connectivity index (χ0v) is 11.4. The van der Waals surface area contributed by atoms with Gasteiger partial charge in [0.2, 0.25) is 0 Å². The largest absolute Gasteiger partial charge is 0.496 e. The molecule has 0 heterocycles. The first-order valence-corrected chi connectivity index (χ1v) is 7.00. The van der Waals surface area contributed by atoms with Crippen LogP contribution in [0.5, 0.6) is 5.75 Å². The van der Waals surface area contributed by atoms with Crippen molar-refractivity contribution in [1.29, 1.82) is 0 Å². The molecule has 1 fully saturated rings. The Balaban J connectivity index is 2.20. The van der Waals surface area contributed by atoms with Crippen molar-refractivity contribution in [3.8, 4) is 5.75 Å². The van der Waals surface area contributed by atoms with E-state index >= 15 is 0 Å². The number of ether oxygens (including phenoxy) is 1. The molecular formula is C14H19BrO. The van der Waals surface area contributed by atoms with Gasteiger partial charge in [-0.1, -0.05) is 47.0 Å². The van der Waals surface area contributed by atoms with Crippen LogP contribution >= 0.6 is 15.9 Å². The van der Waals surface area contributed by atoms with Gasteiger partial charge in [0.15, 0.2) is 0 Å². The minimum atomic E-state index is 0.656. The number of hydrogen-bond acceptors (Lipinski definition) is 1. The van der Waals surface area contributed by atoms with Gasteiger partial charge in [-0.05, 0) is 36.8 Å². The molecule has 1 aromatic rings. The molecule has 0 radical (unpaired) electrons. The average molecular weight is 283 g/mol. The van der Waals surface area contributed by atoms with E-state index in [1.807, 2.05) is 6.07 Å². The van der Waals surface area contributed by atoms with Crippen molar-refractivity contribution in [2.45, 2.75) is 42.8 Å². The fourth-order valence-electron chi connectivity index (χ4n) is 2.59. The summed E-state index contributed by atoms with van der Waals surface area (Å²) in [6.07, 6.45) is 6.53. The molecule has 0 saturated heterocycles. The molecule has 1 aliphatic carbocycles. The van der Waals surface area contributed by atoms with E-state index in [-0.39, 0.29) is 0 Å². The second-order valence-electron chi connectivity index (χ2n) is 4.56. The summed E-state index contributed by atoms with van der Waals surface area (Å²) in [5, 5.41) is 0. The van der Waals surface area contributed by atoms with Crippen LogP contribution in [0.2, 0.25) is 0 Å². The molecule has 0 amide bonds. The van der Waals surface area contributed by atoms with Crippen molar-refractivity contribution in [3.05, 3.63) is 29.8 Å². The third kappa shape index (κ3) is 2.79. The summed E-state index contributed by atoms with van der Waals surface area (Å²) in [4.78, 5) is 0.671. The smallest absolute Gasteiger partial charge is 0.122 e. The van der Waals surface area contributed by atoms with Gasteiger partial charge in [0.1, 0.15) is 5.75 Å². The van der Waals surface area contributed by atoms with Crippen LogP contribution in [0.4, 0.5) is 0 Å². The number of hydrogen-bond donors (Lipinski definition) is 0. The maximum atomic E-state index is 5.46. The van der Waals surface area contributed by atoms with Crippen molar-refractivity contribution in [3.63, 3.8) is 0 Å². The SMILES string of the molecule is COc1ccccc1C1CCCCC(Br)C1. The van der Waals surface area contributed by atoms with Crippen molar-refractivity contribution in [2.75, 3.05) is 7.11 Å². The highest BCUT2D eigenvalue weighted by Crippen LogP contribution is 2.38. The van der Waals surface area contributed by atoms with Crippen molar-refractivity contribution in [2.24, 2.45) is 0 Å². The van der Waals surface area contributed by atoms with Crippen LogP contribution in [-0.4, -0.2) is 11.9 Å². The number of halogens is 1. The van der Waals surface area contributed by atoms with E-state index in [0.29, 0.717) is 10.7 Å². The summed E-state index contributed by atoms with van der Waals surface area (Å²) >= 11 is 3.78. The minimum absolute atomic E-state index is 0.656. The van der Waals surface area contributed by atoms with E-state index in [1.165, 1.54) is 37.7 Å². The summed E-state index contributed by atoms with van der Waals surface area (Å²) in [6, 6.07) is 8.45. The maximum Gasteiger partial charge on any atom is 0.122 e. The van der Waals surface area contributed by atoms with Crippen LogP contribution in [-0.2, 0) is 0 Å². The molecule has 88 valence electrons. The van der Waals surface area contributed by atoms with Gasteiger partial charge in [0.25, 0.3) is 0 Å².